The predicted molar refractivity (Wildman–Crippen MR) is 73.0 cm³/mol. The normalized spacial score (nSPS) is 22.8. The smallest absolute Gasteiger partial charge is 0.317 e. The molecule has 2 amide bonds. The minimum Gasteiger partial charge on any atom is -0.481 e. The number of hydrogen-bond donors (Lipinski definition) is 3. The lowest BCUT2D eigenvalue weighted by molar-refractivity contribution is -0.150. The molecular formula is C13H25N3O3. The van der Waals surface area contributed by atoms with Gasteiger partial charge in [0.1, 0.15) is 0 Å². The second kappa shape index (κ2) is 6.75. The van der Waals surface area contributed by atoms with E-state index in [4.69, 9.17) is 0 Å². The van der Waals surface area contributed by atoms with Crippen LogP contribution in [-0.2, 0) is 4.79 Å². The van der Waals surface area contributed by atoms with Crippen molar-refractivity contribution in [3.05, 3.63) is 0 Å². The van der Waals surface area contributed by atoms with Crippen LogP contribution in [0.1, 0.15) is 26.7 Å². The van der Waals surface area contributed by atoms with Crippen molar-refractivity contribution in [3.63, 3.8) is 0 Å². The van der Waals surface area contributed by atoms with E-state index in [9.17, 15) is 14.7 Å². The molecule has 0 radical (unpaired) electrons. The van der Waals surface area contributed by atoms with Crippen molar-refractivity contribution in [2.24, 2.45) is 11.3 Å². The Balaban J connectivity index is 2.50. The molecule has 0 spiro atoms. The van der Waals surface area contributed by atoms with Crippen LogP contribution in [0.3, 0.4) is 0 Å². The summed E-state index contributed by atoms with van der Waals surface area (Å²) in [4.78, 5) is 25.0. The molecule has 3 N–H and O–H groups in total. The number of urea groups is 1. The van der Waals surface area contributed by atoms with Gasteiger partial charge in [-0.1, -0.05) is 13.8 Å². The van der Waals surface area contributed by atoms with E-state index in [1.807, 2.05) is 20.9 Å². The molecule has 110 valence electrons. The second-order valence-corrected chi connectivity index (χ2v) is 5.48. The van der Waals surface area contributed by atoms with Gasteiger partial charge in [0.15, 0.2) is 0 Å². The molecule has 0 bridgehead atoms. The maximum absolute atomic E-state index is 11.9. The third-order valence-corrected chi connectivity index (χ3v) is 4.00. The second-order valence-electron chi connectivity index (χ2n) is 5.48. The Labute approximate surface area is 114 Å². The Bertz CT molecular complexity index is 333. The maximum atomic E-state index is 11.9. The Hall–Kier alpha value is -1.30. The number of nitrogens with one attached hydrogen (secondary N) is 2. The molecule has 6 nitrogen and oxygen atoms in total. The fraction of sp³-hybridized carbons (Fsp3) is 0.846. The molecule has 0 aromatic rings. The zero-order valence-corrected chi connectivity index (χ0v) is 12.0. The van der Waals surface area contributed by atoms with Crippen LogP contribution in [0.2, 0.25) is 0 Å². The Kier molecular flexibility index (Phi) is 5.60. The number of amides is 2. The van der Waals surface area contributed by atoms with Crippen molar-refractivity contribution < 1.29 is 14.7 Å². The van der Waals surface area contributed by atoms with E-state index in [1.54, 1.807) is 4.90 Å². The van der Waals surface area contributed by atoms with Crippen molar-refractivity contribution in [2.75, 3.05) is 33.2 Å². The fourth-order valence-electron chi connectivity index (χ4n) is 2.47. The largest absolute Gasteiger partial charge is 0.481 e. The van der Waals surface area contributed by atoms with Crippen LogP contribution in [-0.4, -0.2) is 55.2 Å². The molecule has 1 rings (SSSR count). The topological polar surface area (TPSA) is 81.7 Å². The van der Waals surface area contributed by atoms with Gasteiger partial charge in [-0.25, -0.2) is 4.79 Å². The molecule has 1 atom stereocenters. The van der Waals surface area contributed by atoms with Crippen LogP contribution in [0.25, 0.3) is 0 Å². The number of rotatable bonds is 6. The van der Waals surface area contributed by atoms with Crippen molar-refractivity contribution in [2.45, 2.75) is 26.7 Å². The first-order valence-electron chi connectivity index (χ1n) is 6.85. The molecule has 6 heteroatoms. The zero-order valence-electron chi connectivity index (χ0n) is 12.0. The molecule has 0 aromatic carbocycles. The van der Waals surface area contributed by atoms with E-state index in [-0.39, 0.29) is 11.9 Å². The Morgan fingerprint density at radius 2 is 2.05 bits per heavy atom. The van der Waals surface area contributed by atoms with Gasteiger partial charge >= 0.3 is 12.0 Å². The molecule has 1 aliphatic rings. The summed E-state index contributed by atoms with van der Waals surface area (Å²) in [7, 11) is 1.87. The number of hydrogen-bond acceptors (Lipinski definition) is 3. The average Bonchev–Trinajstić information content (AvgIpc) is 2.81. The summed E-state index contributed by atoms with van der Waals surface area (Å²) in [6.45, 7) is 6.09. The summed E-state index contributed by atoms with van der Waals surface area (Å²) in [5.41, 5.74) is -0.789. The maximum Gasteiger partial charge on any atom is 0.317 e. The molecule has 1 saturated heterocycles. The minimum absolute atomic E-state index is 0.0205. The SMILES string of the molecule is CNCCCNC(=O)N1CCC(C(=O)O)(C(C)C)C1. The predicted octanol–water partition coefficient (Wildman–Crippen LogP) is 0.738. The molecule has 1 unspecified atom stereocenters. The molecule has 1 aliphatic heterocycles. The van der Waals surface area contributed by atoms with Gasteiger partial charge in [-0.2, -0.15) is 0 Å². The van der Waals surface area contributed by atoms with E-state index < -0.39 is 11.4 Å². The van der Waals surface area contributed by atoms with Crippen molar-refractivity contribution in [1.82, 2.24) is 15.5 Å². The molecule has 1 fully saturated rings. The number of carbonyl (C=O) groups is 2. The summed E-state index contributed by atoms with van der Waals surface area (Å²) in [5.74, 6) is -0.778. The first kappa shape index (κ1) is 15.8. The fourth-order valence-corrected chi connectivity index (χ4v) is 2.47. The summed E-state index contributed by atoms with van der Waals surface area (Å²) in [6.07, 6.45) is 1.40. The van der Waals surface area contributed by atoms with Gasteiger partial charge in [0.25, 0.3) is 0 Å². The summed E-state index contributed by atoms with van der Waals surface area (Å²) in [6, 6.07) is -0.153. The van der Waals surface area contributed by atoms with Gasteiger partial charge in [0.2, 0.25) is 0 Å². The van der Waals surface area contributed by atoms with Crippen LogP contribution in [0.15, 0.2) is 0 Å². The first-order valence-corrected chi connectivity index (χ1v) is 6.85. The van der Waals surface area contributed by atoms with Gasteiger partial charge in [-0.05, 0) is 32.4 Å². The number of nitrogens with zero attached hydrogens (tertiary/aromatic N) is 1. The molecule has 0 aromatic heterocycles. The minimum atomic E-state index is -0.798. The number of carbonyl (C=O) groups excluding carboxylic acids is 1. The number of likely N-dealkylation sites (tertiary alicyclic amines) is 1. The summed E-state index contributed by atoms with van der Waals surface area (Å²) >= 11 is 0. The first-order chi connectivity index (χ1) is 8.94. The van der Waals surface area contributed by atoms with Gasteiger partial charge in [0.05, 0.1) is 5.41 Å². The van der Waals surface area contributed by atoms with Crippen LogP contribution in [0.4, 0.5) is 4.79 Å². The molecule has 1 heterocycles. The zero-order chi connectivity index (χ0) is 14.5. The van der Waals surface area contributed by atoms with Gasteiger partial charge < -0.3 is 20.6 Å². The highest BCUT2D eigenvalue weighted by atomic mass is 16.4. The molecular weight excluding hydrogens is 246 g/mol. The van der Waals surface area contributed by atoms with E-state index >= 15 is 0 Å². The van der Waals surface area contributed by atoms with Gasteiger partial charge in [-0.3, -0.25) is 4.79 Å². The third-order valence-electron chi connectivity index (χ3n) is 4.00. The lowest BCUT2D eigenvalue weighted by atomic mass is 9.76. The van der Waals surface area contributed by atoms with Gasteiger partial charge in [-0.15, -0.1) is 0 Å². The van der Waals surface area contributed by atoms with Crippen molar-refractivity contribution >= 4 is 12.0 Å². The molecule has 0 aliphatic carbocycles. The van der Waals surface area contributed by atoms with Crippen LogP contribution < -0.4 is 10.6 Å². The van der Waals surface area contributed by atoms with Gasteiger partial charge in [0, 0.05) is 19.6 Å². The Morgan fingerprint density at radius 1 is 1.37 bits per heavy atom. The molecule has 19 heavy (non-hydrogen) atoms. The number of carboxylic acid groups (broad SMARTS) is 1. The number of carboxylic acids is 1. The van der Waals surface area contributed by atoms with E-state index in [2.05, 4.69) is 10.6 Å². The van der Waals surface area contributed by atoms with Crippen molar-refractivity contribution in [3.8, 4) is 0 Å². The Morgan fingerprint density at radius 3 is 2.53 bits per heavy atom. The monoisotopic (exact) mass is 271 g/mol. The summed E-state index contributed by atoms with van der Waals surface area (Å²) < 4.78 is 0. The van der Waals surface area contributed by atoms with Crippen LogP contribution >= 0.6 is 0 Å². The average molecular weight is 271 g/mol. The highest BCUT2D eigenvalue weighted by molar-refractivity contribution is 5.80. The van der Waals surface area contributed by atoms with Crippen LogP contribution in [0.5, 0.6) is 0 Å². The van der Waals surface area contributed by atoms with E-state index in [0.29, 0.717) is 26.1 Å². The standard InChI is InChI=1S/C13H25N3O3/c1-10(2)13(11(17)18)5-8-16(9-13)12(19)15-7-4-6-14-3/h10,14H,4-9H2,1-3H3,(H,15,19)(H,17,18). The van der Waals surface area contributed by atoms with E-state index in [0.717, 1.165) is 13.0 Å². The van der Waals surface area contributed by atoms with E-state index in [1.165, 1.54) is 0 Å². The molecule has 0 saturated carbocycles. The number of aliphatic carboxylic acids is 1. The third kappa shape index (κ3) is 3.59. The van der Waals surface area contributed by atoms with Crippen LogP contribution in [0, 0.1) is 11.3 Å². The lowest BCUT2D eigenvalue weighted by Gasteiger charge is -2.28. The highest BCUT2D eigenvalue weighted by Crippen LogP contribution is 2.38. The quantitative estimate of drug-likeness (QED) is 0.622. The highest BCUT2D eigenvalue weighted by Gasteiger charge is 2.48. The van der Waals surface area contributed by atoms with Crippen molar-refractivity contribution in [1.29, 1.82) is 0 Å². The summed E-state index contributed by atoms with van der Waals surface area (Å²) in [5, 5.41) is 15.3. The lowest BCUT2D eigenvalue weighted by Crippen LogP contribution is -2.44.